The molecule has 0 saturated carbocycles. The van der Waals surface area contributed by atoms with Crippen LogP contribution in [0.1, 0.15) is 11.1 Å². The van der Waals surface area contributed by atoms with Crippen molar-refractivity contribution in [1.82, 2.24) is 0 Å². The van der Waals surface area contributed by atoms with Gasteiger partial charge in [-0.05, 0) is 48.4 Å². The molecule has 2 aromatic carbocycles. The summed E-state index contributed by atoms with van der Waals surface area (Å²) in [6.45, 7) is 1.75. The van der Waals surface area contributed by atoms with E-state index in [-0.39, 0.29) is 11.4 Å². The lowest BCUT2D eigenvalue weighted by atomic mass is 10.2. The van der Waals surface area contributed by atoms with Crippen LogP contribution in [0, 0.1) is 22.9 Å². The van der Waals surface area contributed by atoms with Crippen molar-refractivity contribution in [1.29, 1.82) is 0 Å². The molecule has 0 aliphatic heterocycles. The molecule has 0 bridgehead atoms. The van der Waals surface area contributed by atoms with Crippen molar-refractivity contribution >= 4 is 23.4 Å². The van der Waals surface area contributed by atoms with Gasteiger partial charge in [-0.1, -0.05) is 6.07 Å². The van der Waals surface area contributed by atoms with Crippen LogP contribution < -0.4 is 5.32 Å². The molecule has 0 unspecified atom stereocenters. The number of hydrogen-bond donors (Lipinski definition) is 1. The number of carbonyl (C=O) groups is 1. The van der Waals surface area contributed by atoms with Crippen LogP contribution in [0.4, 0.5) is 15.8 Å². The van der Waals surface area contributed by atoms with Gasteiger partial charge in [0, 0.05) is 18.2 Å². The summed E-state index contributed by atoms with van der Waals surface area (Å²) < 4.78 is 13.6. The SMILES string of the molecule is Cc1ccc(NC(=O)/C=C/c2ccc([N+](=O)[O-])cc2)c(F)c1. The van der Waals surface area contributed by atoms with Crippen LogP contribution in [0.25, 0.3) is 6.08 Å². The first-order valence-electron chi connectivity index (χ1n) is 6.45. The molecule has 5 nitrogen and oxygen atoms in total. The molecule has 0 aromatic heterocycles. The van der Waals surface area contributed by atoms with Gasteiger partial charge in [0.1, 0.15) is 5.82 Å². The van der Waals surface area contributed by atoms with E-state index in [0.717, 1.165) is 5.56 Å². The number of aryl methyl sites for hydroxylation is 1. The van der Waals surface area contributed by atoms with Crippen molar-refractivity contribution in [3.8, 4) is 0 Å². The van der Waals surface area contributed by atoms with Crippen LogP contribution in [0.5, 0.6) is 0 Å². The summed E-state index contributed by atoms with van der Waals surface area (Å²) in [5.41, 5.74) is 1.47. The van der Waals surface area contributed by atoms with E-state index in [1.807, 2.05) is 0 Å². The molecule has 2 rings (SSSR count). The molecular formula is C16H13FN2O3. The van der Waals surface area contributed by atoms with E-state index in [1.165, 1.54) is 48.6 Å². The van der Waals surface area contributed by atoms with Gasteiger partial charge in [0.15, 0.2) is 0 Å². The normalized spacial score (nSPS) is 10.6. The molecule has 0 fully saturated rings. The third kappa shape index (κ3) is 3.99. The van der Waals surface area contributed by atoms with Gasteiger partial charge in [-0.2, -0.15) is 0 Å². The van der Waals surface area contributed by atoms with Crippen LogP contribution >= 0.6 is 0 Å². The molecule has 0 saturated heterocycles. The fourth-order valence-corrected chi connectivity index (χ4v) is 1.77. The van der Waals surface area contributed by atoms with E-state index in [4.69, 9.17) is 0 Å². The summed E-state index contributed by atoms with van der Waals surface area (Å²) in [6, 6.07) is 10.2. The van der Waals surface area contributed by atoms with Gasteiger partial charge in [0.05, 0.1) is 10.6 Å². The molecule has 112 valence electrons. The lowest BCUT2D eigenvalue weighted by molar-refractivity contribution is -0.384. The van der Waals surface area contributed by atoms with Gasteiger partial charge in [0.25, 0.3) is 5.69 Å². The topological polar surface area (TPSA) is 72.2 Å². The second-order valence-corrected chi connectivity index (χ2v) is 4.65. The fourth-order valence-electron chi connectivity index (χ4n) is 1.77. The van der Waals surface area contributed by atoms with Crippen molar-refractivity contribution < 1.29 is 14.1 Å². The summed E-state index contributed by atoms with van der Waals surface area (Å²) in [6.07, 6.45) is 2.73. The highest BCUT2D eigenvalue weighted by Gasteiger charge is 2.05. The first-order chi connectivity index (χ1) is 10.5. The highest BCUT2D eigenvalue weighted by atomic mass is 19.1. The van der Waals surface area contributed by atoms with Crippen molar-refractivity contribution in [3.05, 3.63) is 75.6 Å². The Morgan fingerprint density at radius 2 is 1.91 bits per heavy atom. The van der Waals surface area contributed by atoms with Gasteiger partial charge in [0.2, 0.25) is 5.91 Å². The van der Waals surface area contributed by atoms with Crippen molar-refractivity contribution in [2.24, 2.45) is 0 Å². The zero-order valence-corrected chi connectivity index (χ0v) is 11.7. The van der Waals surface area contributed by atoms with Crippen LogP contribution in [-0.2, 0) is 4.79 Å². The maximum atomic E-state index is 13.6. The summed E-state index contributed by atoms with van der Waals surface area (Å²) in [5, 5.41) is 13.0. The van der Waals surface area contributed by atoms with Crippen molar-refractivity contribution in [2.75, 3.05) is 5.32 Å². The van der Waals surface area contributed by atoms with Gasteiger partial charge < -0.3 is 5.32 Å². The number of nitro groups is 1. The number of nitro benzene ring substituents is 1. The minimum Gasteiger partial charge on any atom is -0.320 e. The number of nitrogens with one attached hydrogen (secondary N) is 1. The second-order valence-electron chi connectivity index (χ2n) is 4.65. The lowest BCUT2D eigenvalue weighted by Crippen LogP contribution is -2.09. The number of amides is 1. The Balaban J connectivity index is 2.03. The number of rotatable bonds is 4. The highest BCUT2D eigenvalue weighted by Crippen LogP contribution is 2.16. The van der Waals surface area contributed by atoms with E-state index >= 15 is 0 Å². The van der Waals surface area contributed by atoms with Crippen LogP contribution in [0.3, 0.4) is 0 Å². The quantitative estimate of drug-likeness (QED) is 0.531. The predicted octanol–water partition coefficient (Wildman–Crippen LogP) is 3.69. The van der Waals surface area contributed by atoms with E-state index in [2.05, 4.69) is 5.32 Å². The highest BCUT2D eigenvalue weighted by molar-refractivity contribution is 6.02. The van der Waals surface area contributed by atoms with Gasteiger partial charge in [-0.15, -0.1) is 0 Å². The van der Waals surface area contributed by atoms with Crippen LogP contribution in [0.15, 0.2) is 48.5 Å². The molecule has 0 spiro atoms. The van der Waals surface area contributed by atoms with E-state index in [9.17, 15) is 19.3 Å². The Morgan fingerprint density at radius 3 is 2.50 bits per heavy atom. The molecule has 22 heavy (non-hydrogen) atoms. The summed E-state index contributed by atoms with van der Waals surface area (Å²) in [5.74, 6) is -0.988. The number of benzene rings is 2. The Kier molecular flexibility index (Phi) is 4.63. The molecule has 6 heteroatoms. The summed E-state index contributed by atoms with van der Waals surface area (Å²) in [4.78, 5) is 21.8. The average Bonchev–Trinajstić information content (AvgIpc) is 2.48. The Hall–Kier alpha value is -3.02. The summed E-state index contributed by atoms with van der Waals surface area (Å²) in [7, 11) is 0. The van der Waals surface area contributed by atoms with Gasteiger partial charge in [-0.3, -0.25) is 14.9 Å². The molecular weight excluding hydrogens is 287 g/mol. The fraction of sp³-hybridized carbons (Fsp3) is 0.0625. The van der Waals surface area contributed by atoms with E-state index in [1.54, 1.807) is 13.0 Å². The number of carbonyl (C=O) groups excluding carboxylic acids is 1. The molecule has 0 heterocycles. The van der Waals surface area contributed by atoms with E-state index < -0.39 is 16.6 Å². The third-order valence-corrected chi connectivity index (χ3v) is 2.91. The predicted molar refractivity (Wildman–Crippen MR) is 81.9 cm³/mol. The Morgan fingerprint density at radius 1 is 1.23 bits per heavy atom. The number of anilines is 1. The third-order valence-electron chi connectivity index (χ3n) is 2.91. The smallest absolute Gasteiger partial charge is 0.269 e. The molecule has 0 radical (unpaired) electrons. The zero-order valence-electron chi connectivity index (χ0n) is 11.7. The number of halogens is 1. The Bertz CT molecular complexity index is 740. The van der Waals surface area contributed by atoms with Crippen molar-refractivity contribution in [2.45, 2.75) is 6.92 Å². The van der Waals surface area contributed by atoms with Gasteiger partial charge >= 0.3 is 0 Å². The maximum Gasteiger partial charge on any atom is 0.269 e. The lowest BCUT2D eigenvalue weighted by Gasteiger charge is -2.04. The minimum absolute atomic E-state index is 0.0247. The zero-order chi connectivity index (χ0) is 16.1. The Labute approximate surface area is 126 Å². The molecule has 0 aliphatic carbocycles. The molecule has 0 aliphatic rings. The van der Waals surface area contributed by atoms with Crippen LogP contribution in [-0.4, -0.2) is 10.8 Å². The largest absolute Gasteiger partial charge is 0.320 e. The summed E-state index contributed by atoms with van der Waals surface area (Å²) >= 11 is 0. The maximum absolute atomic E-state index is 13.6. The molecule has 0 atom stereocenters. The molecule has 2 aromatic rings. The number of nitrogens with zero attached hydrogens (tertiary/aromatic N) is 1. The van der Waals surface area contributed by atoms with Crippen LogP contribution in [0.2, 0.25) is 0 Å². The average molecular weight is 300 g/mol. The van der Waals surface area contributed by atoms with E-state index in [0.29, 0.717) is 5.56 Å². The molecule has 1 N–H and O–H groups in total. The molecule has 1 amide bonds. The number of hydrogen-bond acceptors (Lipinski definition) is 3. The van der Waals surface area contributed by atoms with Crippen molar-refractivity contribution in [3.63, 3.8) is 0 Å². The van der Waals surface area contributed by atoms with Gasteiger partial charge in [-0.25, -0.2) is 4.39 Å². The first kappa shape index (κ1) is 15.4. The number of non-ortho nitro benzene ring substituents is 1. The second kappa shape index (κ2) is 6.62. The standard InChI is InChI=1S/C16H13FN2O3/c1-11-2-8-15(14(17)10-11)18-16(20)9-5-12-3-6-13(7-4-12)19(21)22/h2-10H,1H3,(H,18,20)/b9-5+. The minimum atomic E-state index is -0.503. The monoisotopic (exact) mass is 300 g/mol. The first-order valence-corrected chi connectivity index (χ1v) is 6.45.